The molecule has 0 aromatic heterocycles. The van der Waals surface area contributed by atoms with E-state index in [4.69, 9.17) is 9.47 Å². The summed E-state index contributed by atoms with van der Waals surface area (Å²) in [5.74, 6) is 1.68. The molecule has 1 fully saturated rings. The summed E-state index contributed by atoms with van der Waals surface area (Å²) >= 11 is 0. The highest BCUT2D eigenvalue weighted by molar-refractivity contribution is 4.77. The molecule has 1 heterocycles. The zero-order valence-electron chi connectivity index (χ0n) is 11.8. The quantitative estimate of drug-likeness (QED) is 0.580. The number of hydrogen-bond donors (Lipinski definition) is 0. The lowest BCUT2D eigenvalue weighted by molar-refractivity contribution is 0.0394. The van der Waals surface area contributed by atoms with Gasteiger partial charge in [-0.2, -0.15) is 0 Å². The fourth-order valence-corrected chi connectivity index (χ4v) is 2.19. The molecule has 0 aromatic rings. The third kappa shape index (κ3) is 6.39. The highest BCUT2D eigenvalue weighted by Crippen LogP contribution is 2.21. The second kappa shape index (κ2) is 8.90. The zero-order chi connectivity index (χ0) is 12.5. The Morgan fingerprint density at radius 2 is 1.53 bits per heavy atom. The molecule has 1 aliphatic rings. The van der Waals surface area contributed by atoms with Gasteiger partial charge in [-0.05, 0) is 18.3 Å². The molecule has 3 nitrogen and oxygen atoms in total. The van der Waals surface area contributed by atoms with E-state index in [1.807, 2.05) is 0 Å². The second-order valence-electron chi connectivity index (χ2n) is 5.29. The maximum Gasteiger partial charge on any atom is 0.0701 e. The molecule has 2 unspecified atom stereocenters. The predicted octanol–water partition coefficient (Wildman–Crippen LogP) is 2.41. The molecule has 1 saturated heterocycles. The van der Waals surface area contributed by atoms with Crippen molar-refractivity contribution < 1.29 is 9.47 Å². The van der Waals surface area contributed by atoms with Crippen LogP contribution in [-0.4, -0.2) is 51.0 Å². The predicted molar refractivity (Wildman–Crippen MR) is 71.3 cm³/mol. The van der Waals surface area contributed by atoms with E-state index in [0.29, 0.717) is 0 Å². The van der Waals surface area contributed by atoms with Gasteiger partial charge in [0.05, 0.1) is 19.8 Å². The summed E-state index contributed by atoms with van der Waals surface area (Å²) in [4.78, 5) is 2.51. The molecule has 2 atom stereocenters. The third-order valence-electron chi connectivity index (χ3n) is 3.63. The summed E-state index contributed by atoms with van der Waals surface area (Å²) in [6.07, 6.45) is 2.36. The van der Waals surface area contributed by atoms with Gasteiger partial charge in [0, 0.05) is 26.2 Å². The van der Waals surface area contributed by atoms with Crippen molar-refractivity contribution in [2.45, 2.75) is 33.6 Å². The Balaban J connectivity index is 1.85. The average Bonchev–Trinajstić information content (AvgIpc) is 2.62. The van der Waals surface area contributed by atoms with Crippen LogP contribution in [0.2, 0.25) is 0 Å². The first kappa shape index (κ1) is 14.9. The van der Waals surface area contributed by atoms with Crippen LogP contribution < -0.4 is 0 Å². The first-order chi connectivity index (χ1) is 8.24. The Morgan fingerprint density at radius 1 is 0.941 bits per heavy atom. The molecule has 1 aliphatic heterocycles. The van der Waals surface area contributed by atoms with Gasteiger partial charge in [0.1, 0.15) is 0 Å². The summed E-state index contributed by atoms with van der Waals surface area (Å²) in [6, 6.07) is 0. The van der Waals surface area contributed by atoms with Gasteiger partial charge < -0.3 is 14.4 Å². The molecule has 3 heteroatoms. The van der Waals surface area contributed by atoms with Crippen molar-refractivity contribution >= 4 is 0 Å². The van der Waals surface area contributed by atoms with Gasteiger partial charge in [-0.15, -0.1) is 0 Å². The molecular weight excluding hydrogens is 214 g/mol. The van der Waals surface area contributed by atoms with Crippen molar-refractivity contribution in [3.8, 4) is 0 Å². The Morgan fingerprint density at radius 3 is 2.12 bits per heavy atom. The molecule has 0 spiro atoms. The molecular formula is C14H29NO2. The van der Waals surface area contributed by atoms with E-state index in [1.54, 1.807) is 0 Å². The van der Waals surface area contributed by atoms with Crippen LogP contribution in [0.4, 0.5) is 0 Å². The van der Waals surface area contributed by atoms with Crippen LogP contribution in [0.5, 0.6) is 0 Å². The summed E-state index contributed by atoms with van der Waals surface area (Å²) in [5, 5.41) is 0. The lowest BCUT2D eigenvalue weighted by Crippen LogP contribution is -2.25. The molecule has 102 valence electrons. The summed E-state index contributed by atoms with van der Waals surface area (Å²) in [5.41, 5.74) is 0. The molecule has 0 radical (unpaired) electrons. The minimum Gasteiger partial charge on any atom is -0.379 e. The first-order valence-electron chi connectivity index (χ1n) is 7.12. The van der Waals surface area contributed by atoms with Crippen LogP contribution >= 0.6 is 0 Å². The lowest BCUT2D eigenvalue weighted by atomic mass is 10.0. The average molecular weight is 243 g/mol. The van der Waals surface area contributed by atoms with Crippen molar-refractivity contribution in [1.82, 2.24) is 4.90 Å². The van der Waals surface area contributed by atoms with Gasteiger partial charge in [0.25, 0.3) is 0 Å². The van der Waals surface area contributed by atoms with E-state index in [9.17, 15) is 0 Å². The van der Waals surface area contributed by atoms with Gasteiger partial charge in [-0.3, -0.25) is 0 Å². The van der Waals surface area contributed by atoms with Gasteiger partial charge in [-0.1, -0.05) is 27.2 Å². The maximum absolute atomic E-state index is 5.58. The zero-order valence-corrected chi connectivity index (χ0v) is 11.8. The van der Waals surface area contributed by atoms with Crippen molar-refractivity contribution in [2.24, 2.45) is 11.8 Å². The Bertz CT molecular complexity index is 177. The molecule has 0 aliphatic carbocycles. The van der Waals surface area contributed by atoms with Crippen LogP contribution in [0.1, 0.15) is 33.6 Å². The van der Waals surface area contributed by atoms with Crippen molar-refractivity contribution in [1.29, 1.82) is 0 Å². The number of likely N-dealkylation sites (tertiary alicyclic amines) is 1. The molecule has 0 saturated carbocycles. The van der Waals surface area contributed by atoms with Crippen LogP contribution in [0.3, 0.4) is 0 Å². The van der Waals surface area contributed by atoms with E-state index in [0.717, 1.165) is 51.2 Å². The highest BCUT2D eigenvalue weighted by atomic mass is 16.5. The van der Waals surface area contributed by atoms with E-state index in [2.05, 4.69) is 25.7 Å². The molecule has 0 amide bonds. The minimum atomic E-state index is 0.739. The van der Waals surface area contributed by atoms with Gasteiger partial charge in [0.15, 0.2) is 0 Å². The van der Waals surface area contributed by atoms with Crippen molar-refractivity contribution in [3.63, 3.8) is 0 Å². The number of unbranched alkanes of at least 4 members (excludes halogenated alkanes) is 1. The molecule has 0 bridgehead atoms. The van der Waals surface area contributed by atoms with Crippen molar-refractivity contribution in [3.05, 3.63) is 0 Å². The maximum atomic E-state index is 5.58. The number of ether oxygens (including phenoxy) is 2. The van der Waals surface area contributed by atoms with E-state index >= 15 is 0 Å². The Kier molecular flexibility index (Phi) is 7.82. The normalized spacial score (nSPS) is 25.6. The molecule has 0 N–H and O–H groups in total. The standard InChI is InChI=1S/C14H29NO2/c1-4-5-7-16-9-10-17-8-6-15-11-13(2)14(3)12-15/h13-14H,4-12H2,1-3H3. The largest absolute Gasteiger partial charge is 0.379 e. The van der Waals surface area contributed by atoms with Gasteiger partial charge in [0.2, 0.25) is 0 Å². The first-order valence-corrected chi connectivity index (χ1v) is 7.12. The fraction of sp³-hybridized carbons (Fsp3) is 1.00. The molecule has 17 heavy (non-hydrogen) atoms. The monoisotopic (exact) mass is 243 g/mol. The summed E-state index contributed by atoms with van der Waals surface area (Å²) in [7, 11) is 0. The third-order valence-corrected chi connectivity index (χ3v) is 3.63. The van der Waals surface area contributed by atoms with Gasteiger partial charge in [-0.25, -0.2) is 0 Å². The summed E-state index contributed by atoms with van der Waals surface area (Å²) < 4.78 is 11.0. The lowest BCUT2D eigenvalue weighted by Gasteiger charge is -2.15. The van der Waals surface area contributed by atoms with E-state index in [-0.39, 0.29) is 0 Å². The topological polar surface area (TPSA) is 21.7 Å². The Hall–Kier alpha value is -0.120. The number of hydrogen-bond acceptors (Lipinski definition) is 3. The smallest absolute Gasteiger partial charge is 0.0701 e. The second-order valence-corrected chi connectivity index (χ2v) is 5.29. The van der Waals surface area contributed by atoms with Gasteiger partial charge >= 0.3 is 0 Å². The number of nitrogens with zero attached hydrogens (tertiary/aromatic N) is 1. The van der Waals surface area contributed by atoms with E-state index < -0.39 is 0 Å². The van der Waals surface area contributed by atoms with Crippen LogP contribution in [-0.2, 0) is 9.47 Å². The highest BCUT2D eigenvalue weighted by Gasteiger charge is 2.25. The fourth-order valence-electron chi connectivity index (χ4n) is 2.19. The SMILES string of the molecule is CCCCOCCOCCN1CC(C)C(C)C1. The Labute approximate surface area is 106 Å². The van der Waals surface area contributed by atoms with Crippen LogP contribution in [0.25, 0.3) is 0 Å². The van der Waals surface area contributed by atoms with Crippen LogP contribution in [0.15, 0.2) is 0 Å². The van der Waals surface area contributed by atoms with E-state index in [1.165, 1.54) is 19.5 Å². The molecule has 0 aromatic carbocycles. The molecule has 1 rings (SSSR count). The minimum absolute atomic E-state index is 0.739. The van der Waals surface area contributed by atoms with Crippen molar-refractivity contribution in [2.75, 3.05) is 46.1 Å². The summed E-state index contributed by atoms with van der Waals surface area (Å²) in [6.45, 7) is 13.6. The number of rotatable bonds is 9. The van der Waals surface area contributed by atoms with Crippen LogP contribution in [0, 0.1) is 11.8 Å².